The van der Waals surface area contributed by atoms with Crippen molar-refractivity contribution in [3.63, 3.8) is 0 Å². The van der Waals surface area contributed by atoms with Crippen LogP contribution in [0, 0.1) is 18.6 Å². The lowest BCUT2D eigenvalue weighted by atomic mass is 10.1. The van der Waals surface area contributed by atoms with E-state index in [0.29, 0.717) is 30.3 Å². The monoisotopic (exact) mass is 442 g/mol. The number of nitrogens with one attached hydrogen (secondary N) is 4. The van der Waals surface area contributed by atoms with Crippen LogP contribution in [0.15, 0.2) is 47.4 Å². The van der Waals surface area contributed by atoms with Crippen molar-refractivity contribution in [3.05, 3.63) is 75.7 Å². The molecule has 32 heavy (non-hydrogen) atoms. The number of nitrogens with zero attached hydrogens (tertiary/aromatic N) is 1. The van der Waals surface area contributed by atoms with Gasteiger partial charge in [0, 0.05) is 18.8 Å². The van der Waals surface area contributed by atoms with Gasteiger partial charge in [-0.25, -0.2) is 13.6 Å². The summed E-state index contributed by atoms with van der Waals surface area (Å²) in [5.74, 6) is -1.75. The molecule has 3 aromatic rings. The molecule has 0 aliphatic carbocycles. The summed E-state index contributed by atoms with van der Waals surface area (Å²) < 4.78 is 27.1. The zero-order valence-electron chi connectivity index (χ0n) is 17.5. The number of hydrogen-bond donors (Lipinski definition) is 5. The highest BCUT2D eigenvalue weighted by atomic mass is 19.1. The van der Waals surface area contributed by atoms with Gasteiger partial charge in [-0.05, 0) is 49.2 Å². The van der Waals surface area contributed by atoms with Crippen LogP contribution in [0.5, 0.6) is 0 Å². The number of halogens is 2. The van der Waals surface area contributed by atoms with Gasteiger partial charge in [0.15, 0.2) is 0 Å². The highest BCUT2D eigenvalue weighted by Crippen LogP contribution is 2.19. The van der Waals surface area contributed by atoms with Gasteiger partial charge >= 0.3 is 6.03 Å². The Kier molecular flexibility index (Phi) is 7.63. The number of carbonyl (C=O) groups excluding carboxylic acids is 1. The minimum Gasteiger partial charge on any atom is -0.331 e. The Morgan fingerprint density at radius 1 is 1.12 bits per heavy atom. The van der Waals surface area contributed by atoms with Gasteiger partial charge < -0.3 is 21.4 Å². The lowest BCUT2D eigenvalue weighted by molar-refractivity contribution is 0.262. The molecule has 1 aromatic heterocycles. The van der Waals surface area contributed by atoms with Crippen molar-refractivity contribution in [2.75, 3.05) is 23.7 Å². The fourth-order valence-corrected chi connectivity index (χ4v) is 2.94. The van der Waals surface area contributed by atoms with Gasteiger partial charge in [0.25, 0.3) is 5.56 Å². The molecule has 0 saturated carbocycles. The topological polar surface area (TPSA) is 125 Å². The summed E-state index contributed by atoms with van der Waals surface area (Å²) >= 11 is 0. The molecule has 1 heterocycles. The van der Waals surface area contributed by atoms with Crippen molar-refractivity contribution in [1.29, 1.82) is 0 Å². The molecule has 0 fully saturated rings. The molecule has 8 nitrogen and oxygen atoms in total. The number of aromatic nitrogens is 2. The highest BCUT2D eigenvalue weighted by molar-refractivity contribution is 5.98. The van der Waals surface area contributed by atoms with Gasteiger partial charge in [0.1, 0.15) is 11.6 Å². The van der Waals surface area contributed by atoms with Crippen LogP contribution in [0.2, 0.25) is 0 Å². The molecule has 0 atom stereocenters. The molecule has 0 bridgehead atoms. The van der Waals surface area contributed by atoms with Gasteiger partial charge in [-0.1, -0.05) is 24.3 Å². The number of anilines is 2. The lowest BCUT2D eigenvalue weighted by Gasteiger charge is -2.10. The molecule has 6 N–H and O–H groups in total. The summed E-state index contributed by atoms with van der Waals surface area (Å²) in [5.41, 5.74) is 6.96. The fraction of sp³-hybridized carbons (Fsp3) is 0.227. The van der Waals surface area contributed by atoms with Gasteiger partial charge in [-0.3, -0.25) is 10.1 Å². The SMILES string of the molecule is Cc1cc(NC(=O)Nc2nc(=O)c(-c3ccc(CNCCCN)cc3)c[nH]2)c(F)cc1F. The minimum atomic E-state index is -0.918. The highest BCUT2D eigenvalue weighted by Gasteiger charge is 2.12. The molecular formula is C22H24F2N6O2. The number of aromatic amines is 1. The standard InChI is InChI=1S/C22H24F2N6O2/c1-13-9-19(18(24)10-17(13)23)28-22(32)30-21-27-12-16(20(31)29-21)15-5-3-14(4-6-15)11-26-8-2-7-25/h3-6,9-10,12,26H,2,7-8,11,25H2,1H3,(H3,27,28,29,30,31,32). The number of urea groups is 1. The van der Waals surface area contributed by atoms with E-state index in [4.69, 9.17) is 5.73 Å². The molecule has 0 aliphatic heterocycles. The predicted molar refractivity (Wildman–Crippen MR) is 119 cm³/mol. The predicted octanol–water partition coefficient (Wildman–Crippen LogP) is 3.11. The summed E-state index contributed by atoms with van der Waals surface area (Å²) in [6.45, 7) is 3.61. The van der Waals surface area contributed by atoms with Crippen molar-refractivity contribution < 1.29 is 13.6 Å². The number of benzene rings is 2. The molecule has 168 valence electrons. The van der Waals surface area contributed by atoms with Crippen LogP contribution in [0.3, 0.4) is 0 Å². The minimum absolute atomic E-state index is 0.115. The summed E-state index contributed by atoms with van der Waals surface area (Å²) in [7, 11) is 0. The zero-order valence-corrected chi connectivity index (χ0v) is 17.5. The van der Waals surface area contributed by atoms with Crippen molar-refractivity contribution in [2.45, 2.75) is 19.9 Å². The first-order valence-electron chi connectivity index (χ1n) is 10.0. The molecular weight excluding hydrogens is 418 g/mol. The number of amides is 2. The Morgan fingerprint density at radius 3 is 2.56 bits per heavy atom. The first-order chi connectivity index (χ1) is 15.4. The Labute approximate surface area is 183 Å². The van der Waals surface area contributed by atoms with E-state index in [0.717, 1.165) is 18.5 Å². The summed E-state index contributed by atoms with van der Waals surface area (Å²) in [5, 5.41) is 7.85. The summed E-state index contributed by atoms with van der Waals surface area (Å²) in [6.07, 6.45) is 2.33. The van der Waals surface area contributed by atoms with Crippen molar-refractivity contribution in [1.82, 2.24) is 15.3 Å². The average Bonchev–Trinajstić information content (AvgIpc) is 2.76. The van der Waals surface area contributed by atoms with E-state index < -0.39 is 23.2 Å². The van der Waals surface area contributed by atoms with E-state index in [1.165, 1.54) is 19.2 Å². The molecule has 2 amide bonds. The molecule has 0 spiro atoms. The van der Waals surface area contributed by atoms with E-state index in [1.807, 2.05) is 24.3 Å². The normalized spacial score (nSPS) is 10.8. The van der Waals surface area contributed by atoms with Crippen LogP contribution in [-0.2, 0) is 6.54 Å². The smallest absolute Gasteiger partial charge is 0.326 e. The maximum Gasteiger partial charge on any atom is 0.326 e. The molecule has 2 aromatic carbocycles. The molecule has 10 heteroatoms. The zero-order chi connectivity index (χ0) is 23.1. The summed E-state index contributed by atoms with van der Waals surface area (Å²) in [4.78, 5) is 31.1. The third-order valence-electron chi connectivity index (χ3n) is 4.68. The van der Waals surface area contributed by atoms with Crippen LogP contribution in [0.4, 0.5) is 25.2 Å². The van der Waals surface area contributed by atoms with E-state index in [2.05, 4.69) is 25.9 Å². The molecule has 0 aliphatic rings. The van der Waals surface area contributed by atoms with Crippen molar-refractivity contribution >= 4 is 17.7 Å². The number of H-pyrrole nitrogens is 1. The fourth-order valence-electron chi connectivity index (χ4n) is 2.94. The number of hydrogen-bond acceptors (Lipinski definition) is 5. The maximum absolute atomic E-state index is 13.8. The molecule has 3 rings (SSSR count). The van der Waals surface area contributed by atoms with Gasteiger partial charge in [0.2, 0.25) is 5.95 Å². The van der Waals surface area contributed by atoms with Gasteiger partial charge in [-0.2, -0.15) is 4.98 Å². The first kappa shape index (κ1) is 23.0. The third kappa shape index (κ3) is 5.96. The van der Waals surface area contributed by atoms with Crippen LogP contribution in [0.1, 0.15) is 17.5 Å². The van der Waals surface area contributed by atoms with Crippen LogP contribution >= 0.6 is 0 Å². The van der Waals surface area contributed by atoms with Gasteiger partial charge in [-0.15, -0.1) is 0 Å². The average molecular weight is 442 g/mol. The molecule has 0 saturated heterocycles. The van der Waals surface area contributed by atoms with E-state index in [1.54, 1.807) is 0 Å². The number of nitrogens with two attached hydrogens (primary N) is 1. The number of rotatable bonds is 8. The second-order valence-corrected chi connectivity index (χ2v) is 7.14. The quantitative estimate of drug-likeness (QED) is 0.343. The van der Waals surface area contributed by atoms with E-state index >= 15 is 0 Å². The van der Waals surface area contributed by atoms with Crippen LogP contribution in [-0.4, -0.2) is 29.1 Å². The second-order valence-electron chi connectivity index (χ2n) is 7.14. The lowest BCUT2D eigenvalue weighted by Crippen LogP contribution is -2.24. The van der Waals surface area contributed by atoms with E-state index in [-0.39, 0.29) is 17.2 Å². The third-order valence-corrected chi connectivity index (χ3v) is 4.68. The van der Waals surface area contributed by atoms with Crippen LogP contribution < -0.4 is 27.2 Å². The Bertz CT molecular complexity index is 1150. The Balaban J connectivity index is 1.64. The summed E-state index contributed by atoms with van der Waals surface area (Å²) in [6, 6.07) is 8.45. The van der Waals surface area contributed by atoms with Gasteiger partial charge in [0.05, 0.1) is 11.3 Å². The second kappa shape index (κ2) is 10.6. The Morgan fingerprint density at radius 2 is 1.88 bits per heavy atom. The number of carbonyl (C=O) groups is 1. The number of aryl methyl sites for hydroxylation is 1. The van der Waals surface area contributed by atoms with Crippen molar-refractivity contribution in [3.8, 4) is 11.1 Å². The van der Waals surface area contributed by atoms with Crippen molar-refractivity contribution in [2.24, 2.45) is 5.73 Å². The molecule has 0 radical (unpaired) electrons. The Hall–Kier alpha value is -3.63. The van der Waals surface area contributed by atoms with Crippen LogP contribution in [0.25, 0.3) is 11.1 Å². The molecule has 0 unspecified atom stereocenters. The first-order valence-corrected chi connectivity index (χ1v) is 10.0. The van der Waals surface area contributed by atoms with E-state index in [9.17, 15) is 18.4 Å². The maximum atomic E-state index is 13.8. The largest absolute Gasteiger partial charge is 0.331 e.